The SMILES string of the molecule is COC(=O)c1ccc(OC)c(S(=O)(=O)Nc2cc(C(F)(F)F)ccc2Br)c1. The third-order valence-corrected chi connectivity index (χ3v) is 5.49. The van der Waals surface area contributed by atoms with Gasteiger partial charge in [-0.2, -0.15) is 13.2 Å². The van der Waals surface area contributed by atoms with E-state index in [4.69, 9.17) is 4.74 Å². The Balaban J connectivity index is 2.53. The minimum atomic E-state index is -4.65. The number of alkyl halides is 3. The predicted molar refractivity (Wildman–Crippen MR) is 94.3 cm³/mol. The molecule has 27 heavy (non-hydrogen) atoms. The average molecular weight is 468 g/mol. The van der Waals surface area contributed by atoms with E-state index >= 15 is 0 Å². The van der Waals surface area contributed by atoms with Gasteiger partial charge in [0, 0.05) is 4.47 Å². The Hall–Kier alpha value is -2.27. The molecule has 2 rings (SSSR count). The van der Waals surface area contributed by atoms with Gasteiger partial charge in [0.15, 0.2) is 0 Å². The molecule has 0 spiro atoms. The second kappa shape index (κ2) is 7.77. The Kier molecular flexibility index (Phi) is 6.05. The van der Waals surface area contributed by atoms with Gasteiger partial charge >= 0.3 is 12.1 Å². The fourth-order valence-corrected chi connectivity index (χ4v) is 3.85. The van der Waals surface area contributed by atoms with Crippen molar-refractivity contribution in [2.24, 2.45) is 0 Å². The van der Waals surface area contributed by atoms with Crippen molar-refractivity contribution in [2.45, 2.75) is 11.1 Å². The normalized spacial score (nSPS) is 11.8. The third kappa shape index (κ3) is 4.72. The van der Waals surface area contributed by atoms with Crippen molar-refractivity contribution in [3.05, 3.63) is 52.0 Å². The van der Waals surface area contributed by atoms with Crippen molar-refractivity contribution >= 4 is 37.6 Å². The van der Waals surface area contributed by atoms with Crippen LogP contribution in [0, 0.1) is 0 Å². The molecule has 2 aromatic rings. The molecule has 0 aliphatic heterocycles. The van der Waals surface area contributed by atoms with E-state index in [-0.39, 0.29) is 21.5 Å². The predicted octanol–water partition coefficient (Wildman–Crippen LogP) is 4.06. The molecule has 0 aliphatic rings. The minimum absolute atomic E-state index is 0.0678. The molecule has 0 aliphatic carbocycles. The topological polar surface area (TPSA) is 81.7 Å². The first kappa shape index (κ1) is 21.0. The number of rotatable bonds is 5. The zero-order valence-corrected chi connectivity index (χ0v) is 16.3. The average Bonchev–Trinajstić information content (AvgIpc) is 2.61. The number of esters is 1. The second-order valence-electron chi connectivity index (χ2n) is 5.16. The molecular formula is C16H13BrF3NO5S. The highest BCUT2D eigenvalue weighted by molar-refractivity contribution is 9.10. The van der Waals surface area contributed by atoms with Gasteiger partial charge in [-0.3, -0.25) is 4.72 Å². The summed E-state index contributed by atoms with van der Waals surface area (Å²) in [6.45, 7) is 0. The number of halogens is 4. The van der Waals surface area contributed by atoms with Crippen LogP contribution in [0.25, 0.3) is 0 Å². The lowest BCUT2D eigenvalue weighted by molar-refractivity contribution is -0.137. The Labute approximate surface area is 161 Å². The molecule has 0 bridgehead atoms. The number of nitrogens with one attached hydrogen (secondary N) is 1. The van der Waals surface area contributed by atoms with Crippen LogP contribution in [-0.4, -0.2) is 28.6 Å². The largest absolute Gasteiger partial charge is 0.495 e. The van der Waals surface area contributed by atoms with Crippen LogP contribution >= 0.6 is 15.9 Å². The number of hydrogen-bond donors (Lipinski definition) is 1. The lowest BCUT2D eigenvalue weighted by Crippen LogP contribution is -2.16. The summed E-state index contributed by atoms with van der Waals surface area (Å²) in [4.78, 5) is 11.2. The lowest BCUT2D eigenvalue weighted by Gasteiger charge is -2.15. The molecule has 0 unspecified atom stereocenters. The molecule has 0 amide bonds. The van der Waals surface area contributed by atoms with E-state index in [1.54, 1.807) is 0 Å². The highest BCUT2D eigenvalue weighted by Crippen LogP contribution is 2.35. The number of methoxy groups -OCH3 is 2. The van der Waals surface area contributed by atoms with Crippen LogP contribution in [0.3, 0.4) is 0 Å². The molecule has 0 aromatic heterocycles. The zero-order valence-electron chi connectivity index (χ0n) is 13.9. The molecule has 0 saturated carbocycles. The minimum Gasteiger partial charge on any atom is -0.495 e. The van der Waals surface area contributed by atoms with Gasteiger partial charge < -0.3 is 9.47 Å². The monoisotopic (exact) mass is 467 g/mol. The van der Waals surface area contributed by atoms with Crippen molar-refractivity contribution in [1.29, 1.82) is 0 Å². The molecule has 6 nitrogen and oxygen atoms in total. The zero-order chi connectivity index (χ0) is 20.4. The van der Waals surface area contributed by atoms with Crippen LogP contribution in [0.4, 0.5) is 18.9 Å². The number of carbonyl (C=O) groups excluding carboxylic acids is 1. The fraction of sp³-hybridized carbons (Fsp3) is 0.188. The van der Waals surface area contributed by atoms with Crippen LogP contribution in [0.15, 0.2) is 45.8 Å². The van der Waals surface area contributed by atoms with Crippen molar-refractivity contribution in [3.8, 4) is 5.75 Å². The van der Waals surface area contributed by atoms with Crippen LogP contribution in [0.5, 0.6) is 5.75 Å². The molecule has 2 aromatic carbocycles. The summed E-state index contributed by atoms with van der Waals surface area (Å²) in [5.41, 5.74) is -1.42. The molecule has 146 valence electrons. The van der Waals surface area contributed by atoms with Gasteiger partial charge in [0.05, 0.1) is 31.0 Å². The summed E-state index contributed by atoms with van der Waals surface area (Å²) >= 11 is 3.01. The number of hydrogen-bond acceptors (Lipinski definition) is 5. The highest BCUT2D eigenvalue weighted by Gasteiger charge is 2.32. The summed E-state index contributed by atoms with van der Waals surface area (Å²) in [5.74, 6) is -0.882. The van der Waals surface area contributed by atoms with Crippen molar-refractivity contribution in [2.75, 3.05) is 18.9 Å². The molecule has 0 heterocycles. The van der Waals surface area contributed by atoms with Crippen molar-refractivity contribution < 1.29 is 35.9 Å². The first-order chi connectivity index (χ1) is 12.5. The summed E-state index contributed by atoms with van der Waals surface area (Å²) in [6, 6.07) is 6.07. The van der Waals surface area contributed by atoms with E-state index in [0.29, 0.717) is 6.07 Å². The van der Waals surface area contributed by atoms with Crippen LogP contribution in [0.1, 0.15) is 15.9 Å². The van der Waals surface area contributed by atoms with Gasteiger partial charge in [0.1, 0.15) is 10.6 Å². The lowest BCUT2D eigenvalue weighted by atomic mass is 10.2. The maximum Gasteiger partial charge on any atom is 0.416 e. The summed E-state index contributed by atoms with van der Waals surface area (Å²) in [5, 5.41) is 0. The first-order valence-corrected chi connectivity index (χ1v) is 9.43. The van der Waals surface area contributed by atoms with Crippen molar-refractivity contribution in [3.63, 3.8) is 0 Å². The first-order valence-electron chi connectivity index (χ1n) is 7.15. The Bertz CT molecular complexity index is 977. The van der Waals surface area contributed by atoms with Crippen LogP contribution < -0.4 is 9.46 Å². The Morgan fingerprint density at radius 3 is 2.33 bits per heavy atom. The van der Waals surface area contributed by atoms with Gasteiger partial charge in [-0.05, 0) is 52.3 Å². The van der Waals surface area contributed by atoms with E-state index < -0.39 is 32.6 Å². The number of ether oxygens (including phenoxy) is 2. The maximum absolute atomic E-state index is 12.9. The van der Waals surface area contributed by atoms with E-state index in [0.717, 1.165) is 25.3 Å². The van der Waals surface area contributed by atoms with Gasteiger partial charge in [-0.1, -0.05) is 0 Å². The third-order valence-electron chi connectivity index (χ3n) is 3.41. The van der Waals surface area contributed by atoms with E-state index in [9.17, 15) is 26.4 Å². The quantitative estimate of drug-likeness (QED) is 0.670. The molecular weight excluding hydrogens is 455 g/mol. The van der Waals surface area contributed by atoms with E-state index in [1.165, 1.54) is 19.2 Å². The standard InChI is InChI=1S/C16H13BrF3NO5S/c1-25-13-6-3-9(15(22)26-2)7-14(13)27(23,24)21-12-8-10(16(18,19)20)4-5-11(12)17/h3-8,21H,1-2H3. The van der Waals surface area contributed by atoms with Crippen LogP contribution in [0.2, 0.25) is 0 Å². The molecule has 0 atom stereocenters. The summed E-state index contributed by atoms with van der Waals surface area (Å²) in [6.07, 6.45) is -4.65. The highest BCUT2D eigenvalue weighted by atomic mass is 79.9. The second-order valence-corrected chi connectivity index (χ2v) is 7.66. The smallest absolute Gasteiger partial charge is 0.416 e. The molecule has 1 N–H and O–H groups in total. The molecule has 0 radical (unpaired) electrons. The molecule has 11 heteroatoms. The van der Waals surface area contributed by atoms with Crippen LogP contribution in [-0.2, 0) is 20.9 Å². The van der Waals surface area contributed by atoms with E-state index in [2.05, 4.69) is 25.4 Å². The van der Waals surface area contributed by atoms with Crippen molar-refractivity contribution in [1.82, 2.24) is 0 Å². The van der Waals surface area contributed by atoms with Gasteiger partial charge in [0.25, 0.3) is 10.0 Å². The number of benzene rings is 2. The number of sulfonamides is 1. The van der Waals surface area contributed by atoms with Gasteiger partial charge in [-0.25, -0.2) is 13.2 Å². The maximum atomic E-state index is 12.9. The Morgan fingerprint density at radius 2 is 1.78 bits per heavy atom. The number of anilines is 1. The van der Waals surface area contributed by atoms with E-state index in [1.807, 2.05) is 0 Å². The Morgan fingerprint density at radius 1 is 1.11 bits per heavy atom. The summed E-state index contributed by atoms with van der Waals surface area (Å²) in [7, 11) is -2.05. The molecule has 0 fully saturated rings. The van der Waals surface area contributed by atoms with Gasteiger partial charge in [0.2, 0.25) is 0 Å². The number of carbonyl (C=O) groups is 1. The fourth-order valence-electron chi connectivity index (χ4n) is 2.11. The summed E-state index contributed by atoms with van der Waals surface area (Å²) < 4.78 is 75.8. The van der Waals surface area contributed by atoms with Gasteiger partial charge in [-0.15, -0.1) is 0 Å². The molecule has 0 saturated heterocycles.